The van der Waals surface area contributed by atoms with Crippen LogP contribution < -0.4 is 0 Å². The second-order valence-corrected chi connectivity index (χ2v) is 6.62. The van der Waals surface area contributed by atoms with Crippen LogP contribution in [0.15, 0.2) is 0 Å². The van der Waals surface area contributed by atoms with Crippen LogP contribution in [0, 0.1) is 20.8 Å². The van der Waals surface area contributed by atoms with Crippen LogP contribution >= 0.6 is 0 Å². The molecule has 0 fully saturated rings. The van der Waals surface area contributed by atoms with Gasteiger partial charge in [-0.25, -0.2) is 0 Å². The Morgan fingerprint density at radius 3 is 0.905 bits per heavy atom. The molecule has 0 aliphatic heterocycles. The molecule has 1 aromatic carbocycles. The molecular weight excluding hydrogens is 252 g/mol. The van der Waals surface area contributed by atoms with Gasteiger partial charge in [-0.2, -0.15) is 0 Å². The summed E-state index contributed by atoms with van der Waals surface area (Å²) in [5, 5.41) is 0. The van der Waals surface area contributed by atoms with Crippen molar-refractivity contribution in [1.29, 1.82) is 0 Å². The standard InChI is InChI=1S/C21H36/c1-7-10-13-19-16(4)20(14-11-8-2)18(6)21(17(19)5)15-12-9-3/h7-15H2,1-6H3. The van der Waals surface area contributed by atoms with Crippen molar-refractivity contribution in [3.8, 4) is 0 Å². The molecule has 0 nitrogen and oxygen atoms in total. The zero-order chi connectivity index (χ0) is 15.8. The van der Waals surface area contributed by atoms with Gasteiger partial charge in [0.15, 0.2) is 0 Å². The number of rotatable bonds is 9. The van der Waals surface area contributed by atoms with Crippen LogP contribution in [0.1, 0.15) is 92.7 Å². The van der Waals surface area contributed by atoms with E-state index in [1.54, 1.807) is 33.4 Å². The average Bonchev–Trinajstić information content (AvgIpc) is 2.47. The molecular formula is C21H36. The Morgan fingerprint density at radius 1 is 0.476 bits per heavy atom. The van der Waals surface area contributed by atoms with Gasteiger partial charge in [-0.05, 0) is 92.7 Å². The van der Waals surface area contributed by atoms with Crippen molar-refractivity contribution in [3.63, 3.8) is 0 Å². The van der Waals surface area contributed by atoms with Crippen LogP contribution in [0.3, 0.4) is 0 Å². The van der Waals surface area contributed by atoms with E-state index in [0.717, 1.165) is 0 Å². The molecule has 0 atom stereocenters. The fourth-order valence-electron chi connectivity index (χ4n) is 3.58. The van der Waals surface area contributed by atoms with Gasteiger partial charge < -0.3 is 0 Å². The highest BCUT2D eigenvalue weighted by Gasteiger charge is 2.16. The molecule has 0 saturated heterocycles. The lowest BCUT2D eigenvalue weighted by molar-refractivity contribution is 0.747. The number of hydrogen-bond donors (Lipinski definition) is 0. The quantitative estimate of drug-likeness (QED) is 0.478. The minimum Gasteiger partial charge on any atom is -0.0654 e. The van der Waals surface area contributed by atoms with E-state index in [1.807, 2.05) is 0 Å². The maximum absolute atomic E-state index is 2.37. The van der Waals surface area contributed by atoms with Crippen molar-refractivity contribution in [2.45, 2.75) is 99.3 Å². The van der Waals surface area contributed by atoms with E-state index in [9.17, 15) is 0 Å². The molecule has 0 bridgehead atoms. The van der Waals surface area contributed by atoms with Gasteiger partial charge >= 0.3 is 0 Å². The maximum atomic E-state index is 2.37. The summed E-state index contributed by atoms with van der Waals surface area (Å²) < 4.78 is 0. The molecule has 0 spiro atoms. The Morgan fingerprint density at radius 2 is 0.714 bits per heavy atom. The first-order valence-electron chi connectivity index (χ1n) is 9.18. The molecule has 21 heavy (non-hydrogen) atoms. The topological polar surface area (TPSA) is 0 Å². The lowest BCUT2D eigenvalue weighted by Gasteiger charge is -2.22. The average molecular weight is 289 g/mol. The Hall–Kier alpha value is -0.780. The predicted molar refractivity (Wildman–Crippen MR) is 96.5 cm³/mol. The molecule has 1 aromatic rings. The van der Waals surface area contributed by atoms with E-state index in [0.29, 0.717) is 0 Å². The van der Waals surface area contributed by atoms with E-state index < -0.39 is 0 Å². The molecule has 0 aromatic heterocycles. The summed E-state index contributed by atoms with van der Waals surface area (Å²) in [6.45, 7) is 14.0. The van der Waals surface area contributed by atoms with Crippen LogP contribution in [0.25, 0.3) is 0 Å². The monoisotopic (exact) mass is 288 g/mol. The Balaban J connectivity index is 3.27. The third kappa shape index (κ3) is 4.59. The van der Waals surface area contributed by atoms with Crippen molar-refractivity contribution in [2.75, 3.05) is 0 Å². The number of unbranched alkanes of at least 4 members (excludes halogenated alkanes) is 3. The lowest BCUT2D eigenvalue weighted by Crippen LogP contribution is -2.08. The summed E-state index contributed by atoms with van der Waals surface area (Å²) in [5.41, 5.74) is 9.81. The van der Waals surface area contributed by atoms with Gasteiger partial charge in [-0.15, -0.1) is 0 Å². The van der Waals surface area contributed by atoms with E-state index in [-0.39, 0.29) is 0 Å². The maximum Gasteiger partial charge on any atom is -0.0274 e. The number of benzene rings is 1. The summed E-state index contributed by atoms with van der Waals surface area (Å²) >= 11 is 0. The SMILES string of the molecule is CCCCc1c(C)c(CCCC)c(C)c(CCCC)c1C. The summed E-state index contributed by atoms with van der Waals surface area (Å²) in [7, 11) is 0. The van der Waals surface area contributed by atoms with Gasteiger partial charge in [0.1, 0.15) is 0 Å². The first kappa shape index (κ1) is 18.3. The molecule has 0 amide bonds. The summed E-state index contributed by atoms with van der Waals surface area (Å²) in [6.07, 6.45) is 11.7. The highest BCUT2D eigenvalue weighted by molar-refractivity contribution is 5.51. The molecule has 120 valence electrons. The van der Waals surface area contributed by atoms with E-state index in [4.69, 9.17) is 0 Å². The zero-order valence-electron chi connectivity index (χ0n) is 15.4. The fraction of sp³-hybridized carbons (Fsp3) is 0.714. The predicted octanol–water partition coefficient (Wildman–Crippen LogP) is 6.64. The van der Waals surface area contributed by atoms with Crippen LogP contribution in [-0.2, 0) is 19.3 Å². The van der Waals surface area contributed by atoms with E-state index >= 15 is 0 Å². The minimum absolute atomic E-state index is 1.27. The van der Waals surface area contributed by atoms with Crippen molar-refractivity contribution in [2.24, 2.45) is 0 Å². The van der Waals surface area contributed by atoms with Gasteiger partial charge in [0.2, 0.25) is 0 Å². The van der Waals surface area contributed by atoms with Crippen molar-refractivity contribution in [1.82, 2.24) is 0 Å². The smallest absolute Gasteiger partial charge is 0.0274 e. The van der Waals surface area contributed by atoms with Gasteiger partial charge in [-0.1, -0.05) is 40.0 Å². The third-order valence-corrected chi connectivity index (χ3v) is 5.06. The second-order valence-electron chi connectivity index (χ2n) is 6.62. The van der Waals surface area contributed by atoms with Crippen molar-refractivity contribution >= 4 is 0 Å². The van der Waals surface area contributed by atoms with Gasteiger partial charge in [0.25, 0.3) is 0 Å². The largest absolute Gasteiger partial charge is 0.0654 e. The van der Waals surface area contributed by atoms with Gasteiger partial charge in [-0.3, -0.25) is 0 Å². The summed E-state index contributed by atoms with van der Waals surface area (Å²) in [6, 6.07) is 0. The van der Waals surface area contributed by atoms with Crippen LogP contribution in [0.2, 0.25) is 0 Å². The second kappa shape index (κ2) is 9.28. The molecule has 0 unspecified atom stereocenters. The third-order valence-electron chi connectivity index (χ3n) is 5.06. The Kier molecular flexibility index (Phi) is 8.07. The van der Waals surface area contributed by atoms with Crippen molar-refractivity contribution in [3.05, 3.63) is 33.4 Å². The summed E-state index contributed by atoms with van der Waals surface area (Å²) in [4.78, 5) is 0. The highest BCUT2D eigenvalue weighted by atomic mass is 14.2. The minimum atomic E-state index is 1.27. The van der Waals surface area contributed by atoms with Crippen molar-refractivity contribution < 1.29 is 0 Å². The fourth-order valence-corrected chi connectivity index (χ4v) is 3.58. The van der Waals surface area contributed by atoms with Crippen LogP contribution in [0.5, 0.6) is 0 Å². The van der Waals surface area contributed by atoms with E-state index in [1.165, 1.54) is 57.8 Å². The van der Waals surface area contributed by atoms with Gasteiger partial charge in [0, 0.05) is 0 Å². The summed E-state index contributed by atoms with van der Waals surface area (Å²) in [5.74, 6) is 0. The Labute approximate surface area is 133 Å². The Bertz CT molecular complexity index is 352. The zero-order valence-corrected chi connectivity index (χ0v) is 15.4. The molecule has 0 radical (unpaired) electrons. The highest BCUT2D eigenvalue weighted by Crippen LogP contribution is 2.30. The van der Waals surface area contributed by atoms with E-state index in [2.05, 4.69) is 41.5 Å². The normalized spacial score (nSPS) is 11.1. The molecule has 0 saturated carbocycles. The molecule has 0 aliphatic carbocycles. The molecule has 0 heterocycles. The number of hydrogen-bond acceptors (Lipinski definition) is 0. The van der Waals surface area contributed by atoms with Crippen LogP contribution in [-0.4, -0.2) is 0 Å². The molecule has 1 rings (SSSR count). The van der Waals surface area contributed by atoms with Crippen LogP contribution in [0.4, 0.5) is 0 Å². The molecule has 0 aliphatic rings. The first-order valence-corrected chi connectivity index (χ1v) is 9.18. The van der Waals surface area contributed by atoms with Gasteiger partial charge in [0.05, 0.1) is 0 Å². The molecule has 0 N–H and O–H groups in total. The molecule has 0 heteroatoms. The lowest BCUT2D eigenvalue weighted by atomic mass is 9.83. The first-order chi connectivity index (χ1) is 10.1.